The lowest BCUT2D eigenvalue weighted by atomic mass is 10.1. The van der Waals surface area contributed by atoms with E-state index in [4.69, 9.17) is 0 Å². The smallest absolute Gasteiger partial charge is 0.268 e. The third-order valence-electron chi connectivity index (χ3n) is 4.20. The summed E-state index contributed by atoms with van der Waals surface area (Å²) < 4.78 is 2.01. The highest BCUT2D eigenvalue weighted by Crippen LogP contribution is 2.51. The molecule has 1 atom stereocenters. The highest BCUT2D eigenvalue weighted by molar-refractivity contribution is 8.01. The lowest BCUT2D eigenvalue weighted by Crippen LogP contribution is -2.41. The Labute approximate surface area is 139 Å². The van der Waals surface area contributed by atoms with Gasteiger partial charge in [0, 0.05) is 29.9 Å². The van der Waals surface area contributed by atoms with E-state index < -0.39 is 4.87 Å². The molecular formula is C19H16N2OS. The Morgan fingerprint density at radius 3 is 2.26 bits per heavy atom. The van der Waals surface area contributed by atoms with Crippen LogP contribution in [-0.4, -0.2) is 17.5 Å². The highest BCUT2D eigenvalue weighted by Gasteiger charge is 2.51. The van der Waals surface area contributed by atoms with Crippen molar-refractivity contribution in [2.75, 3.05) is 11.9 Å². The second kappa shape index (κ2) is 5.32. The van der Waals surface area contributed by atoms with Gasteiger partial charge in [0.15, 0.2) is 0 Å². The van der Waals surface area contributed by atoms with Crippen molar-refractivity contribution in [1.29, 1.82) is 0 Å². The standard InChI is InChI=1S/C19H16N2OS/c1-20-17-12-6-5-11-16(17)19(18(20)22,21-13-7-8-14-21)23-15-9-3-2-4-10-15/h2-14H,1H3/t19-/m1/s1. The first-order chi connectivity index (χ1) is 11.2. The van der Waals surface area contributed by atoms with Gasteiger partial charge in [-0.25, -0.2) is 0 Å². The molecule has 114 valence electrons. The molecule has 4 rings (SSSR count). The number of likely N-dealkylation sites (N-methyl/N-ethyl adjacent to an activating group) is 1. The number of amides is 1. The summed E-state index contributed by atoms with van der Waals surface area (Å²) in [4.78, 5) is 15.3. The molecule has 1 aliphatic rings. The van der Waals surface area contributed by atoms with Crippen molar-refractivity contribution in [3.8, 4) is 0 Å². The molecule has 3 nitrogen and oxygen atoms in total. The average molecular weight is 320 g/mol. The van der Waals surface area contributed by atoms with Gasteiger partial charge in [-0.15, -0.1) is 0 Å². The van der Waals surface area contributed by atoms with Gasteiger partial charge >= 0.3 is 0 Å². The van der Waals surface area contributed by atoms with Crippen molar-refractivity contribution in [3.63, 3.8) is 0 Å². The van der Waals surface area contributed by atoms with E-state index in [-0.39, 0.29) is 5.91 Å². The third kappa shape index (κ3) is 2.02. The summed E-state index contributed by atoms with van der Waals surface area (Å²) >= 11 is 1.58. The molecule has 3 aromatic rings. The number of para-hydroxylation sites is 1. The zero-order valence-electron chi connectivity index (χ0n) is 12.7. The van der Waals surface area contributed by atoms with Crippen molar-refractivity contribution >= 4 is 23.4 Å². The van der Waals surface area contributed by atoms with Gasteiger partial charge in [0.2, 0.25) is 4.87 Å². The van der Waals surface area contributed by atoms with E-state index >= 15 is 0 Å². The van der Waals surface area contributed by atoms with Gasteiger partial charge in [0.05, 0.1) is 5.69 Å². The molecule has 0 unspecified atom stereocenters. The van der Waals surface area contributed by atoms with Crippen LogP contribution in [0.3, 0.4) is 0 Å². The Kier molecular flexibility index (Phi) is 3.27. The maximum absolute atomic E-state index is 13.3. The van der Waals surface area contributed by atoms with Crippen LogP contribution in [0.5, 0.6) is 0 Å². The number of fused-ring (bicyclic) bond motifs is 1. The van der Waals surface area contributed by atoms with E-state index in [1.165, 1.54) is 0 Å². The number of carbonyl (C=O) groups excluding carboxylic acids is 1. The molecule has 0 bridgehead atoms. The number of hydrogen-bond donors (Lipinski definition) is 0. The maximum atomic E-state index is 13.3. The molecule has 0 fully saturated rings. The molecule has 1 aromatic heterocycles. The van der Waals surface area contributed by atoms with Crippen LogP contribution < -0.4 is 4.90 Å². The number of nitrogens with zero attached hydrogens (tertiary/aromatic N) is 2. The Balaban J connectivity index is 1.96. The molecule has 0 saturated heterocycles. The molecule has 1 aliphatic heterocycles. The minimum absolute atomic E-state index is 0.0729. The van der Waals surface area contributed by atoms with Gasteiger partial charge in [0.25, 0.3) is 5.91 Å². The molecule has 1 amide bonds. The van der Waals surface area contributed by atoms with Crippen LogP contribution in [0.2, 0.25) is 0 Å². The Bertz CT molecular complexity index is 845. The summed E-state index contributed by atoms with van der Waals surface area (Å²) in [6.07, 6.45) is 3.92. The largest absolute Gasteiger partial charge is 0.327 e. The second-order valence-corrected chi connectivity index (χ2v) is 6.80. The number of carbonyl (C=O) groups is 1. The molecule has 0 N–H and O–H groups in total. The number of hydrogen-bond acceptors (Lipinski definition) is 2. The van der Waals surface area contributed by atoms with Crippen molar-refractivity contribution < 1.29 is 4.79 Å². The van der Waals surface area contributed by atoms with Crippen LogP contribution in [0, 0.1) is 0 Å². The molecular weight excluding hydrogens is 304 g/mol. The molecule has 0 saturated carbocycles. The van der Waals surface area contributed by atoms with Gasteiger partial charge in [-0.3, -0.25) is 4.79 Å². The Morgan fingerprint density at radius 1 is 0.870 bits per heavy atom. The summed E-state index contributed by atoms with van der Waals surface area (Å²) in [6, 6.07) is 22.0. The highest BCUT2D eigenvalue weighted by atomic mass is 32.2. The summed E-state index contributed by atoms with van der Waals surface area (Å²) in [5, 5.41) is 0. The Hall–Kier alpha value is -2.46. The zero-order chi connectivity index (χ0) is 15.9. The van der Waals surface area contributed by atoms with E-state index in [0.29, 0.717) is 0 Å². The average Bonchev–Trinajstić information content (AvgIpc) is 3.20. The summed E-state index contributed by atoms with van der Waals surface area (Å²) in [7, 11) is 1.85. The zero-order valence-corrected chi connectivity index (χ0v) is 13.5. The lowest BCUT2D eigenvalue weighted by Gasteiger charge is -2.29. The SMILES string of the molecule is CN1C(=O)[C@@](Sc2ccccc2)(n2cccc2)c2ccccc21. The van der Waals surface area contributed by atoms with E-state index in [1.54, 1.807) is 16.7 Å². The molecule has 0 aliphatic carbocycles. The van der Waals surface area contributed by atoms with E-state index in [1.807, 2.05) is 90.7 Å². The van der Waals surface area contributed by atoms with Gasteiger partial charge in [-0.1, -0.05) is 48.2 Å². The van der Waals surface area contributed by atoms with E-state index in [2.05, 4.69) is 0 Å². The monoisotopic (exact) mass is 320 g/mol. The molecule has 0 spiro atoms. The van der Waals surface area contributed by atoms with Gasteiger partial charge in [-0.2, -0.15) is 0 Å². The van der Waals surface area contributed by atoms with Crippen LogP contribution in [0.1, 0.15) is 5.56 Å². The van der Waals surface area contributed by atoms with Crippen LogP contribution >= 0.6 is 11.8 Å². The van der Waals surface area contributed by atoms with Crippen LogP contribution in [0.4, 0.5) is 5.69 Å². The summed E-state index contributed by atoms with van der Waals surface area (Å²) in [6.45, 7) is 0. The maximum Gasteiger partial charge on any atom is 0.268 e. The fraction of sp³-hybridized carbons (Fsp3) is 0.105. The number of anilines is 1. The van der Waals surface area contributed by atoms with Gasteiger partial charge in [-0.05, 0) is 30.3 Å². The number of thioether (sulfide) groups is 1. The van der Waals surface area contributed by atoms with E-state index in [0.717, 1.165) is 16.1 Å². The first-order valence-electron chi connectivity index (χ1n) is 7.48. The first-order valence-corrected chi connectivity index (χ1v) is 8.30. The van der Waals surface area contributed by atoms with Crippen molar-refractivity contribution in [2.24, 2.45) is 0 Å². The first kappa shape index (κ1) is 14.2. The fourth-order valence-corrected chi connectivity index (χ4v) is 4.48. The van der Waals surface area contributed by atoms with E-state index in [9.17, 15) is 4.79 Å². The second-order valence-electron chi connectivity index (χ2n) is 5.53. The molecule has 0 radical (unpaired) electrons. The summed E-state index contributed by atoms with van der Waals surface area (Å²) in [5.74, 6) is 0.0729. The molecule has 2 heterocycles. The minimum Gasteiger partial charge on any atom is -0.327 e. The van der Waals surface area contributed by atoms with Crippen LogP contribution in [0.15, 0.2) is 84.0 Å². The third-order valence-corrected chi connectivity index (χ3v) is 5.61. The van der Waals surface area contributed by atoms with Crippen molar-refractivity contribution in [2.45, 2.75) is 9.77 Å². The number of aromatic nitrogens is 1. The predicted octanol–water partition coefficient (Wildman–Crippen LogP) is 3.96. The lowest BCUT2D eigenvalue weighted by molar-refractivity contribution is -0.120. The fourth-order valence-electron chi connectivity index (χ4n) is 3.11. The minimum atomic E-state index is -0.795. The molecule has 4 heteroatoms. The molecule has 23 heavy (non-hydrogen) atoms. The summed E-state index contributed by atoms with van der Waals surface area (Å²) in [5.41, 5.74) is 1.99. The normalized spacial score (nSPS) is 19.9. The number of rotatable bonds is 3. The van der Waals surface area contributed by atoms with Gasteiger partial charge in [0.1, 0.15) is 0 Å². The number of benzene rings is 2. The predicted molar refractivity (Wildman–Crippen MR) is 93.7 cm³/mol. The van der Waals surface area contributed by atoms with Crippen molar-refractivity contribution in [3.05, 3.63) is 84.7 Å². The van der Waals surface area contributed by atoms with Gasteiger partial charge < -0.3 is 9.47 Å². The van der Waals surface area contributed by atoms with Crippen molar-refractivity contribution in [1.82, 2.24) is 4.57 Å². The molecule has 2 aromatic carbocycles. The van der Waals surface area contributed by atoms with Crippen LogP contribution in [-0.2, 0) is 9.67 Å². The van der Waals surface area contributed by atoms with Crippen LogP contribution in [0.25, 0.3) is 0 Å². The quantitative estimate of drug-likeness (QED) is 0.730. The topological polar surface area (TPSA) is 25.2 Å². The Morgan fingerprint density at radius 2 is 1.52 bits per heavy atom.